The summed E-state index contributed by atoms with van der Waals surface area (Å²) in [4.78, 5) is 34.1. The quantitative estimate of drug-likeness (QED) is 0.260. The molecular formula is C27H24N8OS. The third kappa shape index (κ3) is 4.58. The Kier molecular flexibility index (Phi) is 5.53. The number of amides is 1. The van der Waals surface area contributed by atoms with E-state index in [1.165, 1.54) is 0 Å². The van der Waals surface area contributed by atoms with E-state index >= 15 is 0 Å². The second-order valence-electron chi connectivity index (χ2n) is 10.1. The number of hydrogen-bond acceptors (Lipinski definition) is 7. The number of nitrogens with zero attached hydrogens (tertiary/aromatic N) is 5. The monoisotopic (exact) mass is 508 g/mol. The van der Waals surface area contributed by atoms with E-state index in [1.54, 1.807) is 36.1 Å². The van der Waals surface area contributed by atoms with Crippen molar-refractivity contribution in [1.29, 1.82) is 0 Å². The number of rotatable bonds is 5. The second kappa shape index (κ2) is 8.90. The zero-order valence-electron chi connectivity index (χ0n) is 20.5. The summed E-state index contributed by atoms with van der Waals surface area (Å²) < 4.78 is 0. The first-order chi connectivity index (χ1) is 17.8. The summed E-state index contributed by atoms with van der Waals surface area (Å²) in [5.74, 6) is 0.595. The summed E-state index contributed by atoms with van der Waals surface area (Å²) in [5.41, 5.74) is 7.06. The molecule has 0 saturated heterocycles. The molecule has 0 atom stereocenters. The standard InChI is InChI=1S/C27H24N8OS/c1-27(2,3)10-22(36)31-17-8-16(11-28-12-17)20-9-18-21(13-30-20)34-35-24(18)26-32-19-4-6-29-23(25(19)33-26)15-5-7-37-14-15/h4-9,11-14H,10H2,1-3H3,(H,31,36)(H,32,33)(H,34,35). The molecule has 6 heterocycles. The number of anilines is 1. The van der Waals surface area contributed by atoms with Crippen LogP contribution in [0.3, 0.4) is 0 Å². The molecule has 10 heteroatoms. The molecule has 6 aromatic rings. The Morgan fingerprint density at radius 3 is 2.73 bits per heavy atom. The molecule has 0 spiro atoms. The van der Waals surface area contributed by atoms with Crippen LogP contribution in [0.15, 0.2) is 59.8 Å². The average molecular weight is 509 g/mol. The molecule has 9 nitrogen and oxygen atoms in total. The van der Waals surface area contributed by atoms with Crippen LogP contribution in [0.25, 0.3) is 56.0 Å². The number of hydrogen-bond donors (Lipinski definition) is 3. The van der Waals surface area contributed by atoms with Crippen LogP contribution in [0, 0.1) is 5.41 Å². The molecule has 0 aliphatic carbocycles. The van der Waals surface area contributed by atoms with E-state index in [0.29, 0.717) is 29.3 Å². The van der Waals surface area contributed by atoms with Crippen molar-refractivity contribution >= 4 is 44.9 Å². The highest BCUT2D eigenvalue weighted by Crippen LogP contribution is 2.32. The van der Waals surface area contributed by atoms with Gasteiger partial charge in [0.15, 0.2) is 5.82 Å². The van der Waals surface area contributed by atoms with Gasteiger partial charge >= 0.3 is 0 Å². The molecule has 0 bridgehead atoms. The molecular weight excluding hydrogens is 484 g/mol. The summed E-state index contributed by atoms with van der Waals surface area (Å²) in [6.45, 7) is 6.10. The van der Waals surface area contributed by atoms with Gasteiger partial charge in [-0.1, -0.05) is 20.8 Å². The number of pyridine rings is 3. The van der Waals surface area contributed by atoms with Gasteiger partial charge in [-0.25, -0.2) is 4.98 Å². The van der Waals surface area contributed by atoms with E-state index in [-0.39, 0.29) is 11.3 Å². The van der Waals surface area contributed by atoms with Crippen molar-refractivity contribution in [3.05, 3.63) is 59.8 Å². The Balaban J connectivity index is 1.36. The van der Waals surface area contributed by atoms with Crippen molar-refractivity contribution in [1.82, 2.24) is 35.1 Å². The topological polar surface area (TPSA) is 125 Å². The molecule has 3 N–H and O–H groups in total. The lowest BCUT2D eigenvalue weighted by molar-refractivity contribution is -0.117. The van der Waals surface area contributed by atoms with Gasteiger partial charge in [0.2, 0.25) is 5.91 Å². The first-order valence-corrected chi connectivity index (χ1v) is 12.8. The number of imidazole rings is 1. The number of aromatic nitrogens is 7. The van der Waals surface area contributed by atoms with E-state index in [9.17, 15) is 4.79 Å². The molecule has 6 rings (SSSR count). The number of fused-ring (bicyclic) bond motifs is 2. The van der Waals surface area contributed by atoms with Gasteiger partial charge in [-0.2, -0.15) is 16.4 Å². The first-order valence-electron chi connectivity index (χ1n) is 11.8. The van der Waals surface area contributed by atoms with Gasteiger partial charge in [0, 0.05) is 40.7 Å². The van der Waals surface area contributed by atoms with Crippen LogP contribution in [0.4, 0.5) is 5.69 Å². The third-order valence-electron chi connectivity index (χ3n) is 5.88. The fourth-order valence-corrected chi connectivity index (χ4v) is 4.89. The average Bonchev–Trinajstić information content (AvgIpc) is 3.61. The predicted molar refractivity (Wildman–Crippen MR) is 146 cm³/mol. The Morgan fingerprint density at radius 2 is 1.92 bits per heavy atom. The minimum absolute atomic E-state index is 0.0480. The van der Waals surface area contributed by atoms with Gasteiger partial charge < -0.3 is 10.3 Å². The van der Waals surface area contributed by atoms with Crippen molar-refractivity contribution in [2.75, 3.05) is 5.32 Å². The maximum atomic E-state index is 12.4. The van der Waals surface area contributed by atoms with E-state index in [0.717, 1.165) is 38.8 Å². The van der Waals surface area contributed by atoms with Crippen LogP contribution in [0.2, 0.25) is 0 Å². The van der Waals surface area contributed by atoms with Crippen LogP contribution in [0.1, 0.15) is 27.2 Å². The number of carbonyl (C=O) groups excluding carboxylic acids is 1. The Morgan fingerprint density at radius 1 is 1.03 bits per heavy atom. The zero-order valence-corrected chi connectivity index (χ0v) is 21.3. The predicted octanol–water partition coefficient (Wildman–Crippen LogP) is 6.06. The van der Waals surface area contributed by atoms with E-state index in [2.05, 4.69) is 40.8 Å². The molecule has 0 radical (unpaired) electrons. The fourth-order valence-electron chi connectivity index (χ4n) is 4.25. The van der Waals surface area contributed by atoms with Gasteiger partial charge in [0.25, 0.3) is 0 Å². The van der Waals surface area contributed by atoms with E-state index < -0.39 is 0 Å². The van der Waals surface area contributed by atoms with E-state index in [1.807, 2.05) is 50.4 Å². The van der Waals surface area contributed by atoms with Gasteiger partial charge in [0.05, 0.1) is 40.5 Å². The van der Waals surface area contributed by atoms with Crippen LogP contribution in [0.5, 0.6) is 0 Å². The van der Waals surface area contributed by atoms with Crippen molar-refractivity contribution in [3.8, 4) is 34.0 Å². The second-order valence-corrected chi connectivity index (χ2v) is 10.9. The third-order valence-corrected chi connectivity index (χ3v) is 6.56. The number of thiophene rings is 1. The number of aromatic amines is 2. The summed E-state index contributed by atoms with van der Waals surface area (Å²) in [7, 11) is 0. The molecule has 184 valence electrons. The molecule has 6 aromatic heterocycles. The molecule has 0 aliphatic rings. The van der Waals surface area contributed by atoms with Gasteiger partial charge in [0.1, 0.15) is 11.2 Å². The van der Waals surface area contributed by atoms with Crippen molar-refractivity contribution in [2.45, 2.75) is 27.2 Å². The minimum Gasteiger partial charge on any atom is -0.336 e. The van der Waals surface area contributed by atoms with Crippen LogP contribution < -0.4 is 5.32 Å². The van der Waals surface area contributed by atoms with Gasteiger partial charge in [-0.3, -0.25) is 24.8 Å². The maximum absolute atomic E-state index is 12.4. The lowest BCUT2D eigenvalue weighted by atomic mass is 9.92. The molecule has 0 aromatic carbocycles. The lowest BCUT2D eigenvalue weighted by Crippen LogP contribution is -2.19. The Bertz CT molecular complexity index is 1740. The van der Waals surface area contributed by atoms with Crippen LogP contribution in [-0.2, 0) is 4.79 Å². The highest BCUT2D eigenvalue weighted by Gasteiger charge is 2.18. The van der Waals surface area contributed by atoms with Crippen LogP contribution in [-0.4, -0.2) is 41.0 Å². The molecule has 0 saturated carbocycles. The SMILES string of the molecule is CC(C)(C)CC(=O)Nc1cncc(-c2cc3c(-c4nc5c(-c6ccsc6)nccc5[nH]4)n[nH]c3cn2)c1. The maximum Gasteiger partial charge on any atom is 0.224 e. The molecule has 1 amide bonds. The fraction of sp³-hybridized carbons (Fsp3) is 0.185. The molecule has 0 aliphatic heterocycles. The lowest BCUT2D eigenvalue weighted by Gasteiger charge is -2.17. The first kappa shape index (κ1) is 23.0. The molecule has 0 fully saturated rings. The Labute approximate surface area is 216 Å². The molecule has 37 heavy (non-hydrogen) atoms. The smallest absolute Gasteiger partial charge is 0.224 e. The summed E-state index contributed by atoms with van der Waals surface area (Å²) in [6, 6.07) is 7.78. The van der Waals surface area contributed by atoms with Crippen LogP contribution >= 0.6 is 11.3 Å². The summed E-state index contributed by atoms with van der Waals surface area (Å²) in [6.07, 6.45) is 7.31. The highest BCUT2D eigenvalue weighted by atomic mass is 32.1. The van der Waals surface area contributed by atoms with Gasteiger partial charge in [-0.05, 0) is 35.1 Å². The highest BCUT2D eigenvalue weighted by molar-refractivity contribution is 7.08. The number of nitrogens with one attached hydrogen (secondary N) is 3. The van der Waals surface area contributed by atoms with Crippen molar-refractivity contribution < 1.29 is 4.79 Å². The number of carbonyl (C=O) groups is 1. The summed E-state index contributed by atoms with van der Waals surface area (Å²) >= 11 is 1.62. The van der Waals surface area contributed by atoms with Crippen molar-refractivity contribution in [2.24, 2.45) is 5.41 Å². The van der Waals surface area contributed by atoms with Gasteiger partial charge in [-0.15, -0.1) is 0 Å². The molecule has 0 unspecified atom stereocenters. The Hall–Kier alpha value is -4.44. The largest absolute Gasteiger partial charge is 0.336 e. The minimum atomic E-state index is -0.101. The van der Waals surface area contributed by atoms with E-state index in [4.69, 9.17) is 4.98 Å². The normalized spacial score (nSPS) is 11.9. The summed E-state index contributed by atoms with van der Waals surface area (Å²) in [5, 5.41) is 15.5. The zero-order chi connectivity index (χ0) is 25.6. The number of H-pyrrole nitrogens is 2. The van der Waals surface area contributed by atoms with Crippen molar-refractivity contribution in [3.63, 3.8) is 0 Å².